The van der Waals surface area contributed by atoms with Crippen LogP contribution < -0.4 is 5.43 Å². The Morgan fingerprint density at radius 2 is 1.55 bits per heavy atom. The van der Waals surface area contributed by atoms with E-state index in [9.17, 15) is 4.79 Å². The van der Waals surface area contributed by atoms with Gasteiger partial charge in [0.2, 0.25) is 5.71 Å². The first-order valence-electron chi connectivity index (χ1n) is 7.62. The highest BCUT2D eigenvalue weighted by molar-refractivity contribution is 6.22. The van der Waals surface area contributed by atoms with Gasteiger partial charge in [-0.25, -0.2) is 0 Å². The molecule has 0 aromatic heterocycles. The van der Waals surface area contributed by atoms with Crippen LogP contribution in [0.4, 0.5) is 0 Å². The molecule has 1 amide bonds. The standard InChI is InChI=1S/C18H14N2O2/c21-17-15-9-10-22-18(15)20(19-17)16-13-7-3-1-5-11(13)12-6-2-4-8-14(12)16/h1-8,15,18H,9-10H2/p+1. The average Bonchev–Trinajstić information content (AvgIpc) is 3.22. The second kappa shape index (κ2) is 4.27. The molecule has 5 rings (SSSR count). The molecular weight excluding hydrogens is 276 g/mol. The zero-order valence-electron chi connectivity index (χ0n) is 12.0. The summed E-state index contributed by atoms with van der Waals surface area (Å²) in [6.45, 7) is 0.649. The van der Waals surface area contributed by atoms with Gasteiger partial charge in [-0.2, -0.15) is 0 Å². The predicted octanol–water partition coefficient (Wildman–Crippen LogP) is 1.92. The zero-order chi connectivity index (χ0) is 14.7. The molecule has 2 unspecified atom stereocenters. The van der Waals surface area contributed by atoms with Gasteiger partial charge in [0.25, 0.3) is 12.1 Å². The number of carbonyl (C=O) groups excluding carboxylic acids is 1. The van der Waals surface area contributed by atoms with Gasteiger partial charge in [-0.15, -0.1) is 5.43 Å². The van der Waals surface area contributed by atoms with E-state index in [1.165, 1.54) is 11.1 Å². The Labute approximate surface area is 128 Å². The molecule has 108 valence electrons. The lowest BCUT2D eigenvalue weighted by Crippen LogP contribution is -2.35. The molecule has 0 radical (unpaired) electrons. The molecule has 22 heavy (non-hydrogen) atoms. The van der Waals surface area contributed by atoms with Crippen LogP contribution in [0.25, 0.3) is 11.1 Å². The molecule has 4 nitrogen and oxygen atoms in total. The summed E-state index contributed by atoms with van der Waals surface area (Å²) in [6, 6.07) is 16.7. The van der Waals surface area contributed by atoms with Crippen LogP contribution in [0.1, 0.15) is 17.5 Å². The molecule has 0 spiro atoms. The van der Waals surface area contributed by atoms with Crippen molar-refractivity contribution >= 4 is 11.6 Å². The van der Waals surface area contributed by atoms with Crippen molar-refractivity contribution in [2.45, 2.75) is 12.6 Å². The van der Waals surface area contributed by atoms with E-state index in [0.29, 0.717) is 6.61 Å². The highest BCUT2D eigenvalue weighted by Crippen LogP contribution is 2.38. The molecule has 2 aliphatic heterocycles. The fourth-order valence-corrected chi connectivity index (χ4v) is 3.79. The number of hydrazone groups is 1. The fraction of sp³-hybridized carbons (Fsp3) is 0.222. The fourth-order valence-electron chi connectivity index (χ4n) is 3.79. The molecule has 0 bridgehead atoms. The molecular formula is C18H15N2O2+. The lowest BCUT2D eigenvalue weighted by atomic mass is 10.1. The minimum atomic E-state index is -0.193. The number of amides is 1. The van der Waals surface area contributed by atoms with Crippen LogP contribution in [-0.2, 0) is 9.53 Å². The Bertz CT molecular complexity index is 793. The summed E-state index contributed by atoms with van der Waals surface area (Å²) in [4.78, 5) is 12.2. The largest absolute Gasteiger partial charge is 0.319 e. The van der Waals surface area contributed by atoms with Crippen molar-refractivity contribution in [3.8, 4) is 11.1 Å². The van der Waals surface area contributed by atoms with E-state index < -0.39 is 0 Å². The predicted molar refractivity (Wildman–Crippen MR) is 81.3 cm³/mol. The maximum Gasteiger partial charge on any atom is 0.298 e. The molecule has 2 heterocycles. The first kappa shape index (κ1) is 12.1. The van der Waals surface area contributed by atoms with E-state index in [1.54, 1.807) is 0 Å². The summed E-state index contributed by atoms with van der Waals surface area (Å²) >= 11 is 0. The number of hydrogen-bond donors (Lipinski definition) is 1. The Hall–Kier alpha value is -2.46. The van der Waals surface area contributed by atoms with Crippen LogP contribution in [0.3, 0.4) is 0 Å². The van der Waals surface area contributed by atoms with Crippen molar-refractivity contribution in [2.24, 2.45) is 5.92 Å². The minimum absolute atomic E-state index is 0.0626. The Morgan fingerprint density at radius 1 is 0.955 bits per heavy atom. The van der Waals surface area contributed by atoms with Crippen LogP contribution in [0, 0.1) is 5.92 Å². The third kappa shape index (κ3) is 1.45. The molecule has 3 aliphatic rings. The van der Waals surface area contributed by atoms with Crippen molar-refractivity contribution in [2.75, 3.05) is 6.61 Å². The Balaban J connectivity index is 1.82. The van der Waals surface area contributed by atoms with Gasteiger partial charge in [0, 0.05) is 0 Å². The van der Waals surface area contributed by atoms with E-state index in [1.807, 2.05) is 16.8 Å². The first-order valence-corrected chi connectivity index (χ1v) is 7.62. The number of benzene rings is 2. The third-order valence-electron chi connectivity index (χ3n) is 4.78. The lowest BCUT2D eigenvalue weighted by Gasteiger charge is -2.06. The zero-order valence-corrected chi connectivity index (χ0v) is 12.0. The number of carbonyl (C=O) groups is 1. The van der Waals surface area contributed by atoms with Gasteiger partial charge in [0.15, 0.2) is 0 Å². The van der Waals surface area contributed by atoms with Gasteiger partial charge in [-0.1, -0.05) is 41.1 Å². The van der Waals surface area contributed by atoms with Crippen LogP contribution in [-0.4, -0.2) is 29.1 Å². The maximum atomic E-state index is 12.2. The van der Waals surface area contributed by atoms with Gasteiger partial charge in [0.1, 0.15) is 5.92 Å². The second-order valence-corrected chi connectivity index (χ2v) is 5.94. The van der Waals surface area contributed by atoms with E-state index in [0.717, 1.165) is 23.3 Å². The number of hydrogen-bond acceptors (Lipinski definition) is 2. The number of nitrogens with zero attached hydrogens (tertiary/aromatic N) is 1. The third-order valence-corrected chi connectivity index (χ3v) is 4.78. The molecule has 1 N–H and O–H groups in total. The molecule has 1 aliphatic carbocycles. The Kier molecular flexibility index (Phi) is 2.35. The highest BCUT2D eigenvalue weighted by Gasteiger charge is 2.52. The topological polar surface area (TPSA) is 41.3 Å². The molecule has 4 heteroatoms. The van der Waals surface area contributed by atoms with Gasteiger partial charge in [-0.05, 0) is 29.7 Å². The molecule has 2 saturated heterocycles. The monoisotopic (exact) mass is 291 g/mol. The average molecular weight is 291 g/mol. The quantitative estimate of drug-likeness (QED) is 0.643. The Morgan fingerprint density at radius 3 is 2.18 bits per heavy atom. The number of rotatable bonds is 0. The van der Waals surface area contributed by atoms with Crippen molar-refractivity contribution in [3.05, 3.63) is 59.7 Å². The van der Waals surface area contributed by atoms with Crippen LogP contribution in [0.2, 0.25) is 0 Å². The maximum absolute atomic E-state index is 12.2. The van der Waals surface area contributed by atoms with E-state index >= 15 is 0 Å². The van der Waals surface area contributed by atoms with Crippen LogP contribution in [0.5, 0.6) is 0 Å². The second-order valence-electron chi connectivity index (χ2n) is 5.94. The SMILES string of the molecule is O=C1N[N+](=C2c3ccccc3-c3ccccc32)C2OCCC12. The van der Waals surface area contributed by atoms with Crippen molar-refractivity contribution in [1.29, 1.82) is 0 Å². The normalized spacial score (nSPS) is 25.0. The smallest absolute Gasteiger partial charge is 0.298 e. The summed E-state index contributed by atoms with van der Waals surface area (Å²) in [6.07, 6.45) is 0.602. The van der Waals surface area contributed by atoms with Gasteiger partial charge >= 0.3 is 0 Å². The van der Waals surface area contributed by atoms with E-state index in [4.69, 9.17) is 4.74 Å². The number of fused-ring (bicyclic) bond motifs is 4. The summed E-state index contributed by atoms with van der Waals surface area (Å²) in [5, 5.41) is 0. The molecule has 2 aromatic carbocycles. The number of nitrogens with one attached hydrogen (secondary N) is 1. The van der Waals surface area contributed by atoms with Crippen molar-refractivity contribution in [1.82, 2.24) is 5.43 Å². The van der Waals surface area contributed by atoms with Crippen molar-refractivity contribution < 1.29 is 14.2 Å². The number of ether oxygens (including phenoxy) is 1. The molecule has 2 aromatic rings. The molecule has 0 saturated carbocycles. The number of hydrazine groups is 1. The van der Waals surface area contributed by atoms with Crippen LogP contribution in [0.15, 0.2) is 48.5 Å². The molecule has 2 fully saturated rings. The van der Waals surface area contributed by atoms with Gasteiger partial charge < -0.3 is 4.74 Å². The first-order chi connectivity index (χ1) is 10.8. The highest BCUT2D eigenvalue weighted by atomic mass is 16.5. The van der Waals surface area contributed by atoms with E-state index in [2.05, 4.69) is 41.8 Å². The summed E-state index contributed by atoms with van der Waals surface area (Å²) in [5.74, 6) is 0.00397. The summed E-state index contributed by atoms with van der Waals surface area (Å²) < 4.78 is 7.76. The summed E-state index contributed by atoms with van der Waals surface area (Å²) in [5.41, 5.74) is 8.79. The lowest BCUT2D eigenvalue weighted by molar-refractivity contribution is -0.633. The molecule has 2 atom stereocenters. The van der Waals surface area contributed by atoms with E-state index in [-0.39, 0.29) is 18.1 Å². The minimum Gasteiger partial charge on any atom is -0.319 e. The van der Waals surface area contributed by atoms with Crippen LogP contribution >= 0.6 is 0 Å². The van der Waals surface area contributed by atoms with Gasteiger partial charge in [-0.3, -0.25) is 4.79 Å². The van der Waals surface area contributed by atoms with Crippen molar-refractivity contribution in [3.63, 3.8) is 0 Å². The van der Waals surface area contributed by atoms with Gasteiger partial charge in [0.05, 0.1) is 17.7 Å². The summed E-state index contributed by atoms with van der Waals surface area (Å²) in [7, 11) is 0.